The van der Waals surface area contributed by atoms with Crippen LogP contribution in [0.4, 0.5) is 0 Å². The fraction of sp³-hybridized carbons (Fsp3) is 0.562. The van der Waals surface area contributed by atoms with Crippen LogP contribution < -0.4 is 5.32 Å². The van der Waals surface area contributed by atoms with Gasteiger partial charge in [-0.15, -0.1) is 0 Å². The van der Waals surface area contributed by atoms with Gasteiger partial charge < -0.3 is 10.2 Å². The van der Waals surface area contributed by atoms with E-state index in [4.69, 9.17) is 11.6 Å². The summed E-state index contributed by atoms with van der Waals surface area (Å²) in [4.78, 5) is 14.7. The van der Waals surface area contributed by atoms with Gasteiger partial charge in [0.2, 0.25) is 5.91 Å². The molecular formula is C16H23ClN2O. The molecule has 1 aliphatic heterocycles. The van der Waals surface area contributed by atoms with Crippen molar-refractivity contribution in [2.75, 3.05) is 19.6 Å². The van der Waals surface area contributed by atoms with E-state index >= 15 is 0 Å². The first-order chi connectivity index (χ1) is 9.57. The second-order valence-electron chi connectivity index (χ2n) is 5.75. The molecule has 4 heteroatoms. The molecule has 0 saturated carbocycles. The summed E-state index contributed by atoms with van der Waals surface area (Å²) < 4.78 is 0. The average molecular weight is 295 g/mol. The lowest BCUT2D eigenvalue weighted by atomic mass is 9.81. The highest BCUT2D eigenvalue weighted by Crippen LogP contribution is 2.29. The lowest BCUT2D eigenvalue weighted by molar-refractivity contribution is -0.142. The predicted molar refractivity (Wildman–Crippen MR) is 82.8 cm³/mol. The normalized spacial score (nSPS) is 22.6. The molecule has 1 fully saturated rings. The maximum absolute atomic E-state index is 12.8. The Morgan fingerprint density at radius 1 is 1.45 bits per heavy atom. The number of benzene rings is 1. The molecule has 0 bridgehead atoms. The molecule has 0 aliphatic carbocycles. The van der Waals surface area contributed by atoms with E-state index in [0.29, 0.717) is 13.1 Å². The first-order valence-electron chi connectivity index (χ1n) is 7.30. The summed E-state index contributed by atoms with van der Waals surface area (Å²) in [6.45, 7) is 7.17. The van der Waals surface area contributed by atoms with Gasteiger partial charge in [0.25, 0.3) is 0 Å². The average Bonchev–Trinajstić information content (AvgIpc) is 2.46. The third kappa shape index (κ3) is 3.33. The predicted octanol–water partition coefficient (Wildman–Crippen LogP) is 3.08. The third-order valence-corrected chi connectivity index (χ3v) is 4.47. The maximum atomic E-state index is 12.8. The van der Waals surface area contributed by atoms with Crippen molar-refractivity contribution in [1.29, 1.82) is 0 Å². The van der Waals surface area contributed by atoms with E-state index in [-0.39, 0.29) is 11.3 Å². The highest BCUT2D eigenvalue weighted by atomic mass is 35.5. The minimum absolute atomic E-state index is 0.229. The van der Waals surface area contributed by atoms with E-state index in [1.54, 1.807) is 0 Å². The van der Waals surface area contributed by atoms with E-state index in [2.05, 4.69) is 12.2 Å². The molecule has 1 heterocycles. The van der Waals surface area contributed by atoms with Crippen molar-refractivity contribution in [3.8, 4) is 0 Å². The Labute approximate surface area is 126 Å². The zero-order chi connectivity index (χ0) is 14.6. The summed E-state index contributed by atoms with van der Waals surface area (Å²) in [5.74, 6) is 0.229. The lowest BCUT2D eigenvalue weighted by Crippen LogP contribution is -2.50. The quantitative estimate of drug-likeness (QED) is 0.925. The second kappa shape index (κ2) is 6.59. The van der Waals surface area contributed by atoms with E-state index in [9.17, 15) is 4.79 Å². The highest BCUT2D eigenvalue weighted by Gasteiger charge is 2.37. The first kappa shape index (κ1) is 15.3. The van der Waals surface area contributed by atoms with Crippen molar-refractivity contribution < 1.29 is 4.79 Å². The molecule has 0 radical (unpaired) electrons. The molecule has 0 aromatic heterocycles. The van der Waals surface area contributed by atoms with Crippen LogP contribution in [0.3, 0.4) is 0 Å². The number of amides is 1. The van der Waals surface area contributed by atoms with Crippen LogP contribution in [0, 0.1) is 5.41 Å². The number of nitrogens with zero attached hydrogens (tertiary/aromatic N) is 1. The summed E-state index contributed by atoms with van der Waals surface area (Å²) in [5.41, 5.74) is 0.729. The molecule has 0 spiro atoms. The number of piperidine rings is 1. The van der Waals surface area contributed by atoms with Crippen molar-refractivity contribution in [1.82, 2.24) is 10.2 Å². The Balaban J connectivity index is 2.11. The Bertz CT molecular complexity index is 469. The van der Waals surface area contributed by atoms with Crippen LogP contribution in [-0.2, 0) is 11.3 Å². The maximum Gasteiger partial charge on any atom is 0.230 e. The van der Waals surface area contributed by atoms with Gasteiger partial charge in [0.15, 0.2) is 0 Å². The Kier molecular flexibility index (Phi) is 5.06. The van der Waals surface area contributed by atoms with Crippen LogP contribution in [0.2, 0.25) is 5.02 Å². The van der Waals surface area contributed by atoms with E-state index in [0.717, 1.165) is 36.5 Å². The number of rotatable bonds is 4. The summed E-state index contributed by atoms with van der Waals surface area (Å²) >= 11 is 6.20. The van der Waals surface area contributed by atoms with Crippen molar-refractivity contribution >= 4 is 17.5 Å². The molecule has 1 atom stereocenters. The highest BCUT2D eigenvalue weighted by molar-refractivity contribution is 6.31. The van der Waals surface area contributed by atoms with Crippen LogP contribution in [-0.4, -0.2) is 30.4 Å². The Morgan fingerprint density at radius 2 is 2.20 bits per heavy atom. The van der Waals surface area contributed by atoms with Gasteiger partial charge in [-0.3, -0.25) is 4.79 Å². The molecule has 2 rings (SSSR count). The van der Waals surface area contributed by atoms with E-state index < -0.39 is 0 Å². The van der Waals surface area contributed by atoms with Gasteiger partial charge in [0.1, 0.15) is 0 Å². The zero-order valence-corrected chi connectivity index (χ0v) is 13.0. The third-order valence-electron chi connectivity index (χ3n) is 4.10. The smallest absolute Gasteiger partial charge is 0.230 e. The summed E-state index contributed by atoms with van der Waals surface area (Å²) in [7, 11) is 0. The number of hydrogen-bond acceptors (Lipinski definition) is 2. The van der Waals surface area contributed by atoms with Gasteiger partial charge in [-0.05, 0) is 44.9 Å². The van der Waals surface area contributed by atoms with Crippen LogP contribution in [0.25, 0.3) is 0 Å². The monoisotopic (exact) mass is 294 g/mol. The Hall–Kier alpha value is -1.06. The van der Waals surface area contributed by atoms with Gasteiger partial charge in [-0.2, -0.15) is 0 Å². The molecule has 110 valence electrons. The van der Waals surface area contributed by atoms with Crippen LogP contribution in [0.5, 0.6) is 0 Å². The molecular weight excluding hydrogens is 272 g/mol. The lowest BCUT2D eigenvalue weighted by Gasteiger charge is -2.37. The first-order valence-corrected chi connectivity index (χ1v) is 7.68. The van der Waals surface area contributed by atoms with Gasteiger partial charge in [-0.25, -0.2) is 0 Å². The van der Waals surface area contributed by atoms with E-state index in [1.807, 2.05) is 36.1 Å². The van der Waals surface area contributed by atoms with Crippen LogP contribution >= 0.6 is 11.6 Å². The van der Waals surface area contributed by atoms with Gasteiger partial charge in [0, 0.05) is 24.7 Å². The minimum Gasteiger partial charge on any atom is -0.338 e. The van der Waals surface area contributed by atoms with Crippen molar-refractivity contribution in [2.24, 2.45) is 5.41 Å². The molecule has 1 aromatic carbocycles. The standard InChI is InChI=1S/C16H23ClN2O/c1-3-19(11-13-7-4-5-8-14(13)17)15(20)16(2)9-6-10-18-12-16/h4-5,7-8,18H,3,6,9-12H2,1-2H3. The van der Waals surface area contributed by atoms with Gasteiger partial charge in [-0.1, -0.05) is 29.8 Å². The SMILES string of the molecule is CCN(Cc1ccccc1Cl)C(=O)C1(C)CCCNC1. The fourth-order valence-corrected chi connectivity index (χ4v) is 2.98. The molecule has 1 unspecified atom stereocenters. The van der Waals surface area contributed by atoms with Crippen LogP contribution in [0.15, 0.2) is 24.3 Å². The number of nitrogens with one attached hydrogen (secondary N) is 1. The van der Waals surface area contributed by atoms with Crippen molar-refractivity contribution in [3.05, 3.63) is 34.9 Å². The number of carbonyl (C=O) groups excluding carboxylic acids is 1. The molecule has 1 aliphatic rings. The summed E-state index contributed by atoms with van der Waals surface area (Å²) in [6.07, 6.45) is 2.02. The Morgan fingerprint density at radius 3 is 2.80 bits per heavy atom. The molecule has 1 saturated heterocycles. The fourth-order valence-electron chi connectivity index (χ4n) is 2.78. The minimum atomic E-state index is -0.282. The largest absolute Gasteiger partial charge is 0.338 e. The van der Waals surface area contributed by atoms with Gasteiger partial charge >= 0.3 is 0 Å². The molecule has 1 amide bonds. The summed E-state index contributed by atoms with van der Waals surface area (Å²) in [6, 6.07) is 7.73. The van der Waals surface area contributed by atoms with Crippen molar-refractivity contribution in [3.63, 3.8) is 0 Å². The molecule has 1 aromatic rings. The topological polar surface area (TPSA) is 32.3 Å². The van der Waals surface area contributed by atoms with Gasteiger partial charge in [0.05, 0.1) is 5.41 Å². The second-order valence-corrected chi connectivity index (χ2v) is 6.16. The zero-order valence-electron chi connectivity index (χ0n) is 12.3. The molecule has 20 heavy (non-hydrogen) atoms. The number of halogens is 1. The van der Waals surface area contributed by atoms with Crippen LogP contribution in [0.1, 0.15) is 32.3 Å². The molecule has 3 nitrogen and oxygen atoms in total. The summed E-state index contributed by atoms with van der Waals surface area (Å²) in [5, 5.41) is 4.06. The number of carbonyl (C=O) groups is 1. The molecule has 1 N–H and O–H groups in total. The van der Waals surface area contributed by atoms with Crippen molar-refractivity contribution in [2.45, 2.75) is 33.2 Å². The number of hydrogen-bond donors (Lipinski definition) is 1. The van der Waals surface area contributed by atoms with E-state index in [1.165, 1.54) is 0 Å².